The number of phenols is 1. The van der Waals surface area contributed by atoms with E-state index >= 15 is 0 Å². The van der Waals surface area contributed by atoms with E-state index in [1.165, 1.54) is 35.9 Å². The molecule has 0 aromatic heterocycles. The van der Waals surface area contributed by atoms with E-state index in [4.69, 9.17) is 4.74 Å². The number of alkyl carbamates (subject to hydrolysis) is 1. The molecule has 0 radical (unpaired) electrons. The molecule has 2 atom stereocenters. The summed E-state index contributed by atoms with van der Waals surface area (Å²) in [6.07, 6.45) is 1.44. The van der Waals surface area contributed by atoms with Gasteiger partial charge in [-0.15, -0.1) is 0 Å². The van der Waals surface area contributed by atoms with Gasteiger partial charge in [0.2, 0.25) is 11.8 Å². The summed E-state index contributed by atoms with van der Waals surface area (Å²) in [7, 11) is 1.20. The third-order valence-corrected chi connectivity index (χ3v) is 5.40. The number of nitrogens with one attached hydrogen (secondary N) is 2. The molecule has 2 unspecified atom stereocenters. The number of phenolic OH excluding ortho intramolecular Hbond substituents is 1. The molecule has 1 rings (SSSR count). The van der Waals surface area contributed by atoms with Gasteiger partial charge in [-0.3, -0.25) is 14.4 Å². The third-order valence-electron chi connectivity index (χ3n) is 4.76. The van der Waals surface area contributed by atoms with E-state index < -0.39 is 54.1 Å². The molecule has 1 aromatic carbocycles. The number of hydrogen-bond acceptors (Lipinski definition) is 8. The second kappa shape index (κ2) is 13.8. The van der Waals surface area contributed by atoms with Crippen LogP contribution in [0.3, 0.4) is 0 Å². The van der Waals surface area contributed by atoms with Gasteiger partial charge in [-0.1, -0.05) is 12.1 Å². The first-order valence-electron chi connectivity index (χ1n) is 11.2. The van der Waals surface area contributed by atoms with Crippen LogP contribution in [0, 0.1) is 0 Å². The molecule has 0 saturated heterocycles. The quantitative estimate of drug-likeness (QED) is 0.386. The maximum atomic E-state index is 13.8. The molecule has 0 aliphatic rings. The van der Waals surface area contributed by atoms with Gasteiger partial charge in [0.1, 0.15) is 30.0 Å². The lowest BCUT2D eigenvalue weighted by molar-refractivity contribution is -0.146. The average molecular weight is 512 g/mol. The number of amides is 3. The monoisotopic (exact) mass is 511 g/mol. The summed E-state index contributed by atoms with van der Waals surface area (Å²) < 4.78 is 9.92. The standard InChI is InChI=1S/C24H37N3O7S/c1-15(2)27(22(31)18(11-12-35-7)26-23(32)34-24(3,4)5)20(16-9-8-10-17(28)13-16)21(30)25-14-19(29)33-6/h8-10,13,15,18,20,28H,11-12,14H2,1-7H3,(H,25,30)(H,26,32). The Bertz CT molecular complexity index is 886. The molecule has 3 amide bonds. The van der Waals surface area contributed by atoms with Gasteiger partial charge in [-0.2, -0.15) is 11.8 Å². The Balaban J connectivity index is 3.41. The average Bonchev–Trinajstić information content (AvgIpc) is 2.76. The van der Waals surface area contributed by atoms with Crippen molar-refractivity contribution in [3.05, 3.63) is 29.8 Å². The van der Waals surface area contributed by atoms with Crippen molar-refractivity contribution in [2.75, 3.05) is 25.7 Å². The van der Waals surface area contributed by atoms with E-state index in [9.17, 15) is 24.3 Å². The van der Waals surface area contributed by atoms with Gasteiger partial charge in [-0.25, -0.2) is 4.79 Å². The molecule has 0 saturated carbocycles. The molecule has 3 N–H and O–H groups in total. The summed E-state index contributed by atoms with van der Waals surface area (Å²) >= 11 is 1.51. The van der Waals surface area contributed by atoms with Crippen LogP contribution in [0.1, 0.15) is 52.6 Å². The number of carbonyl (C=O) groups excluding carboxylic acids is 4. The first-order valence-corrected chi connectivity index (χ1v) is 12.6. The van der Waals surface area contributed by atoms with Gasteiger partial charge in [0.05, 0.1) is 7.11 Å². The lowest BCUT2D eigenvalue weighted by Crippen LogP contribution is -2.55. The van der Waals surface area contributed by atoms with Crippen LogP contribution in [0.2, 0.25) is 0 Å². The molecule has 35 heavy (non-hydrogen) atoms. The van der Waals surface area contributed by atoms with E-state index in [0.717, 1.165) is 0 Å². The number of nitrogens with zero attached hydrogens (tertiary/aromatic N) is 1. The van der Waals surface area contributed by atoms with E-state index in [0.29, 0.717) is 17.7 Å². The Morgan fingerprint density at radius 3 is 2.34 bits per heavy atom. The lowest BCUT2D eigenvalue weighted by Gasteiger charge is -2.37. The van der Waals surface area contributed by atoms with Crippen LogP contribution in [0.15, 0.2) is 24.3 Å². The second-order valence-electron chi connectivity index (χ2n) is 9.11. The summed E-state index contributed by atoms with van der Waals surface area (Å²) in [4.78, 5) is 52.5. The fourth-order valence-corrected chi connectivity index (χ4v) is 3.74. The van der Waals surface area contributed by atoms with Crippen molar-refractivity contribution in [2.24, 2.45) is 0 Å². The predicted octanol–water partition coefficient (Wildman–Crippen LogP) is 2.61. The van der Waals surface area contributed by atoms with E-state index in [1.54, 1.807) is 46.8 Å². The number of rotatable bonds is 11. The molecule has 10 nitrogen and oxygen atoms in total. The van der Waals surface area contributed by atoms with Crippen molar-refractivity contribution in [2.45, 2.75) is 64.8 Å². The van der Waals surface area contributed by atoms with Gasteiger partial charge in [-0.05, 0) is 70.7 Å². The fraction of sp³-hybridized carbons (Fsp3) is 0.583. The molecule has 196 valence electrons. The van der Waals surface area contributed by atoms with Crippen molar-refractivity contribution < 1.29 is 33.8 Å². The lowest BCUT2D eigenvalue weighted by atomic mass is 10.0. The molecule has 0 aliphatic carbocycles. The molecular formula is C24H37N3O7S. The Kier molecular flexibility index (Phi) is 11.9. The molecule has 1 aromatic rings. The number of aromatic hydroxyl groups is 1. The van der Waals surface area contributed by atoms with Gasteiger partial charge >= 0.3 is 12.1 Å². The van der Waals surface area contributed by atoms with Crippen LogP contribution in [0.5, 0.6) is 5.75 Å². The van der Waals surface area contributed by atoms with Crippen molar-refractivity contribution in [3.63, 3.8) is 0 Å². The molecule has 0 fully saturated rings. The van der Waals surface area contributed by atoms with Crippen LogP contribution in [0.25, 0.3) is 0 Å². The van der Waals surface area contributed by atoms with Crippen LogP contribution in [0.4, 0.5) is 4.79 Å². The van der Waals surface area contributed by atoms with Crippen molar-refractivity contribution in [3.8, 4) is 5.75 Å². The molecule has 0 bridgehead atoms. The first kappa shape index (κ1) is 30.1. The summed E-state index contributed by atoms with van der Waals surface area (Å²) in [5, 5.41) is 15.2. The highest BCUT2D eigenvalue weighted by atomic mass is 32.2. The second-order valence-corrected chi connectivity index (χ2v) is 10.1. The van der Waals surface area contributed by atoms with Crippen LogP contribution < -0.4 is 10.6 Å². The minimum Gasteiger partial charge on any atom is -0.508 e. The SMILES string of the molecule is COC(=O)CNC(=O)C(c1cccc(O)c1)N(C(=O)C(CCSC)NC(=O)OC(C)(C)C)C(C)C. The highest BCUT2D eigenvalue weighted by molar-refractivity contribution is 7.98. The molecule has 0 spiro atoms. The number of esters is 1. The highest BCUT2D eigenvalue weighted by Gasteiger charge is 2.37. The maximum absolute atomic E-state index is 13.8. The van der Waals surface area contributed by atoms with Crippen molar-refractivity contribution in [1.82, 2.24) is 15.5 Å². The molecule has 11 heteroatoms. The normalized spacial score (nSPS) is 12.9. The van der Waals surface area contributed by atoms with E-state index in [-0.39, 0.29) is 5.75 Å². The number of benzene rings is 1. The summed E-state index contributed by atoms with van der Waals surface area (Å²) in [5.41, 5.74) is -0.414. The Morgan fingerprint density at radius 2 is 1.83 bits per heavy atom. The summed E-state index contributed by atoms with van der Waals surface area (Å²) in [6.45, 7) is 8.23. The van der Waals surface area contributed by atoms with Gasteiger partial charge in [0.15, 0.2) is 0 Å². The van der Waals surface area contributed by atoms with Crippen LogP contribution in [-0.2, 0) is 23.9 Å². The Hall–Kier alpha value is -2.95. The van der Waals surface area contributed by atoms with E-state index in [1.807, 2.05) is 6.26 Å². The topological polar surface area (TPSA) is 134 Å². The van der Waals surface area contributed by atoms with Gasteiger partial charge in [0, 0.05) is 6.04 Å². The zero-order valence-electron chi connectivity index (χ0n) is 21.4. The van der Waals surface area contributed by atoms with Crippen molar-refractivity contribution in [1.29, 1.82) is 0 Å². The molecule has 0 heterocycles. The number of ether oxygens (including phenoxy) is 2. The van der Waals surface area contributed by atoms with Crippen molar-refractivity contribution >= 4 is 35.6 Å². The fourth-order valence-electron chi connectivity index (χ4n) is 3.26. The Morgan fingerprint density at radius 1 is 1.17 bits per heavy atom. The van der Waals surface area contributed by atoms with E-state index in [2.05, 4.69) is 15.4 Å². The number of methoxy groups -OCH3 is 1. The third kappa shape index (κ3) is 10.1. The largest absolute Gasteiger partial charge is 0.508 e. The first-order chi connectivity index (χ1) is 16.3. The van der Waals surface area contributed by atoms with Crippen LogP contribution in [-0.4, -0.2) is 77.2 Å². The highest BCUT2D eigenvalue weighted by Crippen LogP contribution is 2.28. The van der Waals surface area contributed by atoms with Crippen LogP contribution >= 0.6 is 11.8 Å². The molecular weight excluding hydrogens is 474 g/mol. The van der Waals surface area contributed by atoms with Gasteiger partial charge < -0.3 is 30.1 Å². The minimum atomic E-state index is -1.18. The summed E-state index contributed by atoms with van der Waals surface area (Å²) in [6, 6.07) is 3.35. The predicted molar refractivity (Wildman–Crippen MR) is 134 cm³/mol. The summed E-state index contributed by atoms with van der Waals surface area (Å²) in [5.74, 6) is -1.30. The zero-order valence-corrected chi connectivity index (χ0v) is 22.2. The Labute approximate surface area is 211 Å². The number of thioether (sulfide) groups is 1. The number of hydrogen-bond donors (Lipinski definition) is 3. The van der Waals surface area contributed by atoms with Gasteiger partial charge in [0.25, 0.3) is 0 Å². The maximum Gasteiger partial charge on any atom is 0.408 e. The molecule has 0 aliphatic heterocycles. The minimum absolute atomic E-state index is 0.0877. The smallest absolute Gasteiger partial charge is 0.408 e. The zero-order chi connectivity index (χ0) is 26.8. The number of carbonyl (C=O) groups is 4.